The standard InChI is InChI=1S/C12H22N6/c1-3-10-14-11(16-13)9-12(15-10)18-6-4-5-17(2)7-8-18/h9H,3-8,13H2,1-2H3,(H,14,15,16). The highest BCUT2D eigenvalue weighted by atomic mass is 15.3. The van der Waals surface area contributed by atoms with E-state index in [2.05, 4.69) is 39.2 Å². The second-order valence-corrected chi connectivity index (χ2v) is 4.67. The first-order valence-electron chi connectivity index (χ1n) is 6.51. The van der Waals surface area contributed by atoms with Crippen molar-refractivity contribution in [3.8, 4) is 0 Å². The number of nitrogens with zero attached hydrogens (tertiary/aromatic N) is 4. The molecule has 1 aromatic rings. The Labute approximate surface area is 108 Å². The lowest BCUT2D eigenvalue weighted by Gasteiger charge is -2.22. The van der Waals surface area contributed by atoms with Gasteiger partial charge in [-0.15, -0.1) is 0 Å². The van der Waals surface area contributed by atoms with E-state index in [1.165, 1.54) is 0 Å². The average molecular weight is 250 g/mol. The Hall–Kier alpha value is -1.40. The van der Waals surface area contributed by atoms with Gasteiger partial charge in [-0.2, -0.15) is 0 Å². The van der Waals surface area contributed by atoms with E-state index in [0.29, 0.717) is 5.82 Å². The highest BCUT2D eigenvalue weighted by molar-refractivity contribution is 5.49. The minimum absolute atomic E-state index is 0.689. The summed E-state index contributed by atoms with van der Waals surface area (Å²) >= 11 is 0. The van der Waals surface area contributed by atoms with Crippen LogP contribution in [0.15, 0.2) is 6.07 Å². The molecule has 1 aliphatic heterocycles. The van der Waals surface area contributed by atoms with E-state index in [1.807, 2.05) is 6.07 Å². The van der Waals surface area contributed by atoms with Gasteiger partial charge in [0.25, 0.3) is 0 Å². The molecule has 1 saturated heterocycles. The maximum Gasteiger partial charge on any atom is 0.145 e. The van der Waals surface area contributed by atoms with E-state index in [0.717, 1.165) is 50.7 Å². The molecule has 0 aliphatic carbocycles. The fourth-order valence-electron chi connectivity index (χ4n) is 2.15. The van der Waals surface area contributed by atoms with Gasteiger partial charge in [0.2, 0.25) is 0 Å². The van der Waals surface area contributed by atoms with Gasteiger partial charge in [0, 0.05) is 32.1 Å². The molecule has 100 valence electrons. The van der Waals surface area contributed by atoms with Gasteiger partial charge in [-0.05, 0) is 20.0 Å². The average Bonchev–Trinajstić information content (AvgIpc) is 2.63. The number of hydrogen-bond donors (Lipinski definition) is 2. The minimum Gasteiger partial charge on any atom is -0.355 e. The van der Waals surface area contributed by atoms with Crippen LogP contribution in [0.2, 0.25) is 0 Å². The molecule has 0 spiro atoms. The molecule has 2 heterocycles. The number of nitrogens with one attached hydrogen (secondary N) is 1. The number of likely N-dealkylation sites (N-methyl/N-ethyl adjacent to an activating group) is 1. The van der Waals surface area contributed by atoms with E-state index in [-0.39, 0.29) is 0 Å². The lowest BCUT2D eigenvalue weighted by atomic mass is 10.3. The minimum atomic E-state index is 0.689. The third kappa shape index (κ3) is 3.08. The first-order chi connectivity index (χ1) is 8.72. The van der Waals surface area contributed by atoms with Gasteiger partial charge in [0.05, 0.1) is 0 Å². The summed E-state index contributed by atoms with van der Waals surface area (Å²) in [6.45, 7) is 6.30. The van der Waals surface area contributed by atoms with Crippen LogP contribution in [0.3, 0.4) is 0 Å². The fourth-order valence-corrected chi connectivity index (χ4v) is 2.15. The quantitative estimate of drug-likeness (QED) is 0.600. The summed E-state index contributed by atoms with van der Waals surface area (Å²) in [4.78, 5) is 13.6. The lowest BCUT2D eigenvalue weighted by molar-refractivity contribution is 0.360. The highest BCUT2D eigenvalue weighted by Gasteiger charge is 2.15. The largest absolute Gasteiger partial charge is 0.355 e. The predicted octanol–water partition coefficient (Wildman–Crippen LogP) is 0.467. The van der Waals surface area contributed by atoms with Crippen molar-refractivity contribution in [3.05, 3.63) is 11.9 Å². The van der Waals surface area contributed by atoms with E-state index in [1.54, 1.807) is 0 Å². The fraction of sp³-hybridized carbons (Fsp3) is 0.667. The molecular formula is C12H22N6. The van der Waals surface area contributed by atoms with Crippen molar-refractivity contribution in [1.29, 1.82) is 0 Å². The highest BCUT2D eigenvalue weighted by Crippen LogP contribution is 2.17. The molecule has 0 radical (unpaired) electrons. The molecule has 0 unspecified atom stereocenters. The molecule has 3 N–H and O–H groups in total. The number of nitrogen functional groups attached to an aromatic ring is 1. The van der Waals surface area contributed by atoms with Crippen molar-refractivity contribution >= 4 is 11.6 Å². The van der Waals surface area contributed by atoms with Crippen molar-refractivity contribution in [1.82, 2.24) is 14.9 Å². The van der Waals surface area contributed by atoms with Crippen molar-refractivity contribution in [2.24, 2.45) is 5.84 Å². The zero-order valence-electron chi connectivity index (χ0n) is 11.2. The van der Waals surface area contributed by atoms with Gasteiger partial charge < -0.3 is 15.2 Å². The van der Waals surface area contributed by atoms with Gasteiger partial charge in [0.1, 0.15) is 17.5 Å². The molecular weight excluding hydrogens is 228 g/mol. The van der Waals surface area contributed by atoms with E-state index >= 15 is 0 Å². The molecule has 6 heteroatoms. The van der Waals surface area contributed by atoms with Gasteiger partial charge in [-0.3, -0.25) is 0 Å². The van der Waals surface area contributed by atoms with Crippen LogP contribution in [-0.4, -0.2) is 48.1 Å². The van der Waals surface area contributed by atoms with Crippen LogP contribution in [0, 0.1) is 0 Å². The predicted molar refractivity (Wildman–Crippen MR) is 73.5 cm³/mol. The Balaban J connectivity index is 2.20. The number of nitrogens with two attached hydrogens (primary N) is 1. The van der Waals surface area contributed by atoms with Gasteiger partial charge in [-0.1, -0.05) is 6.92 Å². The number of aromatic nitrogens is 2. The van der Waals surface area contributed by atoms with Crippen LogP contribution in [0.25, 0.3) is 0 Å². The number of aryl methyl sites for hydroxylation is 1. The maximum absolute atomic E-state index is 5.46. The van der Waals surface area contributed by atoms with Crippen LogP contribution in [0.4, 0.5) is 11.6 Å². The summed E-state index contributed by atoms with van der Waals surface area (Å²) in [6, 6.07) is 1.92. The Kier molecular flexibility index (Phi) is 4.33. The van der Waals surface area contributed by atoms with Crippen molar-refractivity contribution < 1.29 is 0 Å². The zero-order chi connectivity index (χ0) is 13.0. The summed E-state index contributed by atoms with van der Waals surface area (Å²) in [5, 5.41) is 0. The van der Waals surface area contributed by atoms with Gasteiger partial charge >= 0.3 is 0 Å². The molecule has 1 fully saturated rings. The van der Waals surface area contributed by atoms with Crippen LogP contribution >= 0.6 is 0 Å². The zero-order valence-corrected chi connectivity index (χ0v) is 11.2. The lowest BCUT2D eigenvalue weighted by Crippen LogP contribution is -2.30. The number of anilines is 2. The molecule has 0 aromatic carbocycles. The van der Waals surface area contributed by atoms with E-state index in [4.69, 9.17) is 5.84 Å². The summed E-state index contributed by atoms with van der Waals surface area (Å²) < 4.78 is 0. The van der Waals surface area contributed by atoms with Gasteiger partial charge in [-0.25, -0.2) is 15.8 Å². The second-order valence-electron chi connectivity index (χ2n) is 4.67. The summed E-state index contributed by atoms with van der Waals surface area (Å²) in [5.74, 6) is 7.96. The van der Waals surface area contributed by atoms with Crippen molar-refractivity contribution in [2.75, 3.05) is 43.6 Å². The van der Waals surface area contributed by atoms with E-state index < -0.39 is 0 Å². The Bertz CT molecular complexity index is 372. The topological polar surface area (TPSA) is 70.3 Å². The van der Waals surface area contributed by atoms with Crippen molar-refractivity contribution in [3.63, 3.8) is 0 Å². The molecule has 0 saturated carbocycles. The monoisotopic (exact) mass is 250 g/mol. The summed E-state index contributed by atoms with van der Waals surface area (Å²) in [5.41, 5.74) is 2.62. The van der Waals surface area contributed by atoms with E-state index in [9.17, 15) is 0 Å². The molecule has 1 aromatic heterocycles. The molecule has 18 heavy (non-hydrogen) atoms. The number of hydrazine groups is 1. The smallest absolute Gasteiger partial charge is 0.145 e. The molecule has 2 rings (SSSR count). The van der Waals surface area contributed by atoms with Crippen LogP contribution in [0.5, 0.6) is 0 Å². The Morgan fingerprint density at radius 3 is 2.83 bits per heavy atom. The summed E-state index contributed by atoms with van der Waals surface area (Å²) in [6.07, 6.45) is 1.98. The molecule has 0 amide bonds. The first kappa shape index (κ1) is 13.0. The van der Waals surface area contributed by atoms with Crippen LogP contribution < -0.4 is 16.2 Å². The Morgan fingerprint density at radius 1 is 1.28 bits per heavy atom. The van der Waals surface area contributed by atoms with Crippen LogP contribution in [-0.2, 0) is 6.42 Å². The normalized spacial score (nSPS) is 17.6. The second kappa shape index (κ2) is 5.97. The number of hydrogen-bond acceptors (Lipinski definition) is 6. The maximum atomic E-state index is 5.46. The molecule has 0 atom stereocenters. The first-order valence-corrected chi connectivity index (χ1v) is 6.51. The Morgan fingerprint density at radius 2 is 2.11 bits per heavy atom. The third-order valence-electron chi connectivity index (χ3n) is 3.27. The van der Waals surface area contributed by atoms with Gasteiger partial charge in [0.15, 0.2) is 0 Å². The SMILES string of the molecule is CCc1nc(NN)cc(N2CCCN(C)CC2)n1. The molecule has 0 bridgehead atoms. The van der Waals surface area contributed by atoms with Crippen LogP contribution in [0.1, 0.15) is 19.2 Å². The summed E-state index contributed by atoms with van der Waals surface area (Å²) in [7, 11) is 2.16. The molecule has 6 nitrogen and oxygen atoms in total. The molecule has 1 aliphatic rings. The third-order valence-corrected chi connectivity index (χ3v) is 3.27. The number of rotatable bonds is 3. The van der Waals surface area contributed by atoms with Crippen molar-refractivity contribution in [2.45, 2.75) is 19.8 Å².